The van der Waals surface area contributed by atoms with Gasteiger partial charge in [0, 0.05) is 37.9 Å². The molecule has 2 aliphatic heterocycles. The molecule has 2 fully saturated rings. The Labute approximate surface area is 238 Å². The summed E-state index contributed by atoms with van der Waals surface area (Å²) in [6.45, 7) is 5.61. The summed E-state index contributed by atoms with van der Waals surface area (Å²) in [6, 6.07) is 14.5. The van der Waals surface area contributed by atoms with E-state index in [0.717, 1.165) is 68.7 Å². The molecule has 1 unspecified atom stereocenters. The van der Waals surface area contributed by atoms with E-state index in [1.165, 1.54) is 6.26 Å². The number of likely N-dealkylation sites (tertiary alicyclic amines) is 2. The molecule has 1 atom stereocenters. The summed E-state index contributed by atoms with van der Waals surface area (Å²) < 4.78 is 29.0. The van der Waals surface area contributed by atoms with E-state index in [4.69, 9.17) is 4.74 Å². The van der Waals surface area contributed by atoms with E-state index in [-0.39, 0.29) is 35.7 Å². The van der Waals surface area contributed by atoms with Crippen molar-refractivity contribution in [3.05, 3.63) is 59.7 Å². The van der Waals surface area contributed by atoms with Crippen molar-refractivity contribution in [2.24, 2.45) is 5.41 Å². The Balaban J connectivity index is 0.00000420. The maximum Gasteiger partial charge on any atom is 0.229 e. The molecule has 2 amide bonds. The Kier molecular flexibility index (Phi) is 10.4. The maximum absolute atomic E-state index is 13.4. The molecule has 2 heterocycles. The molecule has 2 aromatic carbocycles. The van der Waals surface area contributed by atoms with Crippen LogP contribution in [0, 0.1) is 5.41 Å². The largest absolute Gasteiger partial charge is 0.496 e. The van der Waals surface area contributed by atoms with Crippen LogP contribution < -0.4 is 10.1 Å². The van der Waals surface area contributed by atoms with Gasteiger partial charge in [-0.05, 0) is 62.5 Å². The fourth-order valence-corrected chi connectivity index (χ4v) is 6.27. The Hall–Kier alpha value is -2.62. The van der Waals surface area contributed by atoms with Crippen LogP contribution in [0.1, 0.15) is 56.2 Å². The number of hydrogen-bond donors (Lipinski definition) is 1. The second kappa shape index (κ2) is 13.2. The third-order valence-corrected chi connectivity index (χ3v) is 9.17. The van der Waals surface area contributed by atoms with E-state index in [1.807, 2.05) is 36.1 Å². The first-order valence-electron chi connectivity index (χ1n) is 13.4. The van der Waals surface area contributed by atoms with Crippen LogP contribution in [0.4, 0.5) is 0 Å². The van der Waals surface area contributed by atoms with Crippen molar-refractivity contribution in [1.82, 2.24) is 15.1 Å². The second-order valence-electron chi connectivity index (χ2n) is 10.5. The Morgan fingerprint density at radius 1 is 1.05 bits per heavy atom. The van der Waals surface area contributed by atoms with Crippen molar-refractivity contribution in [1.29, 1.82) is 0 Å². The highest BCUT2D eigenvalue weighted by molar-refractivity contribution is 7.90. The number of methoxy groups -OCH3 is 1. The molecule has 0 aliphatic carbocycles. The Bertz CT molecular complexity index is 1240. The van der Waals surface area contributed by atoms with Crippen LogP contribution in [0.15, 0.2) is 53.4 Å². The van der Waals surface area contributed by atoms with E-state index >= 15 is 0 Å². The molecule has 4 rings (SSSR count). The normalized spacial score (nSPS) is 18.0. The zero-order valence-electron chi connectivity index (χ0n) is 23.0. The van der Waals surface area contributed by atoms with Crippen LogP contribution in [0.3, 0.4) is 0 Å². The van der Waals surface area contributed by atoms with Gasteiger partial charge in [0.05, 0.1) is 23.5 Å². The minimum absolute atomic E-state index is 0. The summed E-state index contributed by atoms with van der Waals surface area (Å²) in [5, 5.41) is 3.15. The van der Waals surface area contributed by atoms with Gasteiger partial charge in [0.2, 0.25) is 11.8 Å². The van der Waals surface area contributed by atoms with E-state index in [2.05, 4.69) is 10.2 Å². The SMILES string of the molecule is CCC(=O)NC(CCN1CCC2(CC1)CCN(Cc1ccc(S(C)(=O)=O)cc1)C2=O)c1ccccc1OC.Cl. The number of para-hydroxylation sites is 1. The molecule has 2 aliphatic rings. The molecule has 8 nitrogen and oxygen atoms in total. The quantitative estimate of drug-likeness (QED) is 0.459. The lowest BCUT2D eigenvalue weighted by Crippen LogP contribution is -2.45. The number of amides is 2. The number of hydrogen-bond acceptors (Lipinski definition) is 6. The maximum atomic E-state index is 13.4. The van der Waals surface area contributed by atoms with Crippen LogP contribution in [-0.2, 0) is 26.0 Å². The lowest BCUT2D eigenvalue weighted by Gasteiger charge is -2.38. The first kappa shape index (κ1) is 30.9. The highest BCUT2D eigenvalue weighted by Gasteiger charge is 2.47. The van der Waals surface area contributed by atoms with Gasteiger partial charge in [0.15, 0.2) is 9.84 Å². The van der Waals surface area contributed by atoms with Crippen molar-refractivity contribution in [2.45, 2.75) is 56.5 Å². The first-order valence-corrected chi connectivity index (χ1v) is 15.3. The highest BCUT2D eigenvalue weighted by atomic mass is 35.5. The molecule has 214 valence electrons. The predicted octanol–water partition coefficient (Wildman–Crippen LogP) is 3.99. The minimum atomic E-state index is -3.23. The number of sulfone groups is 1. The summed E-state index contributed by atoms with van der Waals surface area (Å²) in [5.74, 6) is 1.00. The number of rotatable bonds is 10. The summed E-state index contributed by atoms with van der Waals surface area (Å²) in [4.78, 5) is 30.3. The predicted molar refractivity (Wildman–Crippen MR) is 154 cm³/mol. The van der Waals surface area contributed by atoms with E-state index in [9.17, 15) is 18.0 Å². The fourth-order valence-electron chi connectivity index (χ4n) is 5.64. The number of halogens is 1. The zero-order chi connectivity index (χ0) is 27.3. The summed E-state index contributed by atoms with van der Waals surface area (Å²) >= 11 is 0. The molecule has 1 N–H and O–H groups in total. The molecule has 0 radical (unpaired) electrons. The van der Waals surface area contributed by atoms with E-state index in [0.29, 0.717) is 17.9 Å². The van der Waals surface area contributed by atoms with E-state index in [1.54, 1.807) is 31.4 Å². The molecule has 2 saturated heterocycles. The van der Waals surface area contributed by atoms with Gasteiger partial charge >= 0.3 is 0 Å². The zero-order valence-corrected chi connectivity index (χ0v) is 24.7. The summed E-state index contributed by atoms with van der Waals surface area (Å²) in [7, 11) is -1.59. The fraction of sp³-hybridized carbons (Fsp3) is 0.517. The lowest BCUT2D eigenvalue weighted by atomic mass is 9.77. The van der Waals surface area contributed by atoms with Gasteiger partial charge in [-0.1, -0.05) is 37.3 Å². The Morgan fingerprint density at radius 2 is 1.69 bits per heavy atom. The molecule has 10 heteroatoms. The van der Waals surface area contributed by atoms with Crippen molar-refractivity contribution in [3.8, 4) is 5.75 Å². The summed E-state index contributed by atoms with van der Waals surface area (Å²) in [5.41, 5.74) is 1.62. The van der Waals surface area contributed by atoms with Crippen LogP contribution >= 0.6 is 12.4 Å². The van der Waals surface area contributed by atoms with Crippen molar-refractivity contribution < 1.29 is 22.7 Å². The average molecular weight is 578 g/mol. The number of nitrogens with zero attached hydrogens (tertiary/aromatic N) is 2. The molecule has 39 heavy (non-hydrogen) atoms. The molecular weight excluding hydrogens is 538 g/mol. The third-order valence-electron chi connectivity index (χ3n) is 8.04. The monoisotopic (exact) mass is 577 g/mol. The molecule has 0 bridgehead atoms. The molecule has 0 aromatic heterocycles. The van der Waals surface area contributed by atoms with Gasteiger partial charge in [-0.3, -0.25) is 9.59 Å². The van der Waals surface area contributed by atoms with Crippen LogP contribution in [0.5, 0.6) is 5.75 Å². The number of carbonyl (C=O) groups excluding carboxylic acids is 2. The number of nitrogens with one attached hydrogen (secondary N) is 1. The molecule has 1 spiro atoms. The number of benzene rings is 2. The first-order chi connectivity index (χ1) is 18.1. The van der Waals surface area contributed by atoms with Gasteiger partial charge in [-0.2, -0.15) is 0 Å². The van der Waals surface area contributed by atoms with Crippen molar-refractivity contribution >= 4 is 34.1 Å². The topological polar surface area (TPSA) is 96.0 Å². The molecular formula is C29H40ClN3O5S. The molecule has 0 saturated carbocycles. The lowest BCUT2D eigenvalue weighted by molar-refractivity contribution is -0.139. The van der Waals surface area contributed by atoms with Gasteiger partial charge in [0.1, 0.15) is 5.75 Å². The third kappa shape index (κ3) is 7.32. The standard InChI is InChI=1S/C29H39N3O5S.ClH/c1-4-27(33)30-25(24-7-5-6-8-26(24)37-2)13-17-31-18-14-29(15-19-31)16-20-32(28(29)34)21-22-9-11-23(12-10-22)38(3,35)36;/h5-12,25H,4,13-21H2,1-3H3,(H,30,33);1H. The highest BCUT2D eigenvalue weighted by Crippen LogP contribution is 2.42. The number of ether oxygens (including phenoxy) is 1. The minimum Gasteiger partial charge on any atom is -0.496 e. The van der Waals surface area contributed by atoms with E-state index < -0.39 is 9.84 Å². The number of piperidine rings is 1. The Morgan fingerprint density at radius 3 is 2.31 bits per heavy atom. The van der Waals surface area contributed by atoms with Crippen molar-refractivity contribution in [2.75, 3.05) is 39.5 Å². The van der Waals surface area contributed by atoms with Crippen LogP contribution in [-0.4, -0.2) is 69.6 Å². The smallest absolute Gasteiger partial charge is 0.229 e. The van der Waals surface area contributed by atoms with Crippen LogP contribution in [0.25, 0.3) is 0 Å². The summed E-state index contributed by atoms with van der Waals surface area (Å²) in [6.07, 6.45) is 4.91. The second-order valence-corrected chi connectivity index (χ2v) is 12.5. The van der Waals surface area contributed by atoms with Crippen molar-refractivity contribution in [3.63, 3.8) is 0 Å². The van der Waals surface area contributed by atoms with Gasteiger partial charge in [0.25, 0.3) is 0 Å². The number of carbonyl (C=O) groups is 2. The van der Waals surface area contributed by atoms with Gasteiger partial charge < -0.3 is 19.9 Å². The van der Waals surface area contributed by atoms with Gasteiger partial charge in [-0.25, -0.2) is 8.42 Å². The average Bonchev–Trinajstić information content (AvgIpc) is 3.21. The van der Waals surface area contributed by atoms with Gasteiger partial charge in [-0.15, -0.1) is 12.4 Å². The molecule has 2 aromatic rings. The van der Waals surface area contributed by atoms with Crippen LogP contribution in [0.2, 0.25) is 0 Å².